The van der Waals surface area contributed by atoms with E-state index in [1.165, 1.54) is 12.1 Å². The van der Waals surface area contributed by atoms with Crippen molar-refractivity contribution in [2.75, 3.05) is 13.2 Å². The summed E-state index contributed by atoms with van der Waals surface area (Å²) in [6.07, 6.45) is -4.33. The highest BCUT2D eigenvalue weighted by Gasteiger charge is 2.29. The van der Waals surface area contributed by atoms with Gasteiger partial charge in [0.1, 0.15) is 12.4 Å². The minimum absolute atomic E-state index is 0.0312. The number of hydrogen-bond acceptors (Lipinski definition) is 2. The van der Waals surface area contributed by atoms with Crippen LogP contribution in [-0.4, -0.2) is 19.1 Å². The van der Waals surface area contributed by atoms with E-state index in [9.17, 15) is 18.0 Å². The molecule has 1 N–H and O–H groups in total. The number of ether oxygens (including phenoxy) is 1. The monoisotopic (exact) mass is 323 g/mol. The first-order chi connectivity index (χ1) is 10.9. The summed E-state index contributed by atoms with van der Waals surface area (Å²) in [6.45, 7) is 0.650. The molecule has 0 spiro atoms. The summed E-state index contributed by atoms with van der Waals surface area (Å²) in [5, 5.41) is 2.66. The maximum atomic E-state index is 12.4. The number of carbonyl (C=O) groups excluding carboxylic acids is 1. The Morgan fingerprint density at radius 3 is 2.26 bits per heavy atom. The average molecular weight is 323 g/mol. The number of halogens is 3. The van der Waals surface area contributed by atoms with Gasteiger partial charge >= 0.3 is 6.18 Å². The molecule has 0 heterocycles. The Kier molecular flexibility index (Phi) is 5.62. The number of benzene rings is 2. The summed E-state index contributed by atoms with van der Waals surface area (Å²) in [7, 11) is 0. The highest BCUT2D eigenvalue weighted by Crippen LogP contribution is 2.29. The second-order valence-corrected chi connectivity index (χ2v) is 4.88. The minimum Gasteiger partial charge on any atom is -0.492 e. The minimum atomic E-state index is -4.37. The van der Waals surface area contributed by atoms with Crippen LogP contribution in [0.3, 0.4) is 0 Å². The van der Waals surface area contributed by atoms with Gasteiger partial charge in [0, 0.05) is 0 Å². The Labute approximate surface area is 132 Å². The standard InChI is InChI=1S/C17H16F3NO2/c18-17(19,20)14-8-6-13(7-9-14)12-16(22)21-10-11-23-15-4-2-1-3-5-15/h1-9H,10-12H2,(H,21,22). The Hall–Kier alpha value is -2.50. The van der Waals surface area contributed by atoms with Crippen LogP contribution in [0.1, 0.15) is 11.1 Å². The largest absolute Gasteiger partial charge is 0.492 e. The quantitative estimate of drug-likeness (QED) is 0.827. The van der Waals surface area contributed by atoms with Crippen LogP contribution in [0, 0.1) is 0 Å². The number of nitrogens with one attached hydrogen (secondary N) is 1. The smallest absolute Gasteiger partial charge is 0.416 e. The van der Waals surface area contributed by atoms with Crippen LogP contribution in [0.15, 0.2) is 54.6 Å². The first-order valence-corrected chi connectivity index (χ1v) is 7.06. The highest BCUT2D eigenvalue weighted by atomic mass is 19.4. The van der Waals surface area contributed by atoms with Gasteiger partial charge in [-0.05, 0) is 29.8 Å². The van der Waals surface area contributed by atoms with Crippen LogP contribution >= 0.6 is 0 Å². The first-order valence-electron chi connectivity index (χ1n) is 7.06. The van der Waals surface area contributed by atoms with Crippen molar-refractivity contribution in [2.24, 2.45) is 0 Å². The molecule has 6 heteroatoms. The Morgan fingerprint density at radius 1 is 1.00 bits per heavy atom. The topological polar surface area (TPSA) is 38.3 Å². The van der Waals surface area contributed by atoms with Crippen molar-refractivity contribution in [1.82, 2.24) is 5.32 Å². The van der Waals surface area contributed by atoms with Gasteiger partial charge in [-0.25, -0.2) is 0 Å². The molecule has 0 aliphatic rings. The molecule has 0 unspecified atom stereocenters. The molecular formula is C17H16F3NO2. The predicted molar refractivity (Wildman–Crippen MR) is 80.1 cm³/mol. The molecule has 0 atom stereocenters. The van der Waals surface area contributed by atoms with E-state index in [0.717, 1.165) is 12.1 Å². The molecule has 0 aliphatic carbocycles. The fourth-order valence-electron chi connectivity index (χ4n) is 1.94. The fourth-order valence-corrected chi connectivity index (χ4v) is 1.94. The molecule has 0 aromatic heterocycles. The summed E-state index contributed by atoms with van der Waals surface area (Å²) >= 11 is 0. The average Bonchev–Trinajstić information content (AvgIpc) is 2.52. The molecular weight excluding hydrogens is 307 g/mol. The van der Waals surface area contributed by atoms with E-state index in [4.69, 9.17) is 4.74 Å². The third kappa shape index (κ3) is 5.65. The van der Waals surface area contributed by atoms with Crippen molar-refractivity contribution in [1.29, 1.82) is 0 Å². The number of carbonyl (C=O) groups is 1. The molecule has 2 rings (SSSR count). The molecule has 23 heavy (non-hydrogen) atoms. The van der Waals surface area contributed by atoms with Gasteiger partial charge in [-0.2, -0.15) is 13.2 Å². The molecule has 2 aromatic carbocycles. The Balaban J connectivity index is 1.72. The lowest BCUT2D eigenvalue weighted by atomic mass is 10.1. The van der Waals surface area contributed by atoms with E-state index in [1.54, 1.807) is 0 Å². The van der Waals surface area contributed by atoms with Crippen LogP contribution in [0.5, 0.6) is 5.75 Å². The SMILES string of the molecule is O=C(Cc1ccc(C(F)(F)F)cc1)NCCOc1ccccc1. The van der Waals surface area contributed by atoms with Crippen molar-refractivity contribution in [3.8, 4) is 5.75 Å². The van der Waals surface area contributed by atoms with Crippen molar-refractivity contribution in [3.63, 3.8) is 0 Å². The maximum Gasteiger partial charge on any atom is 0.416 e. The third-order valence-corrected chi connectivity index (χ3v) is 3.08. The number of para-hydroxylation sites is 1. The normalized spacial score (nSPS) is 11.1. The molecule has 3 nitrogen and oxygen atoms in total. The van der Waals surface area contributed by atoms with E-state index in [1.807, 2.05) is 30.3 Å². The van der Waals surface area contributed by atoms with Crippen molar-refractivity contribution >= 4 is 5.91 Å². The lowest BCUT2D eigenvalue weighted by Crippen LogP contribution is -2.29. The van der Waals surface area contributed by atoms with Crippen molar-refractivity contribution < 1.29 is 22.7 Å². The zero-order valence-corrected chi connectivity index (χ0v) is 12.3. The number of alkyl halides is 3. The van der Waals surface area contributed by atoms with Crippen molar-refractivity contribution in [3.05, 3.63) is 65.7 Å². The number of amides is 1. The lowest BCUT2D eigenvalue weighted by molar-refractivity contribution is -0.137. The van der Waals surface area contributed by atoms with Gasteiger partial charge in [-0.1, -0.05) is 30.3 Å². The second-order valence-electron chi connectivity index (χ2n) is 4.88. The van der Waals surface area contributed by atoms with Gasteiger partial charge in [0.05, 0.1) is 18.5 Å². The maximum absolute atomic E-state index is 12.4. The second kappa shape index (κ2) is 7.67. The molecule has 0 aliphatic heterocycles. The zero-order chi connectivity index (χ0) is 16.7. The van der Waals surface area contributed by atoms with Gasteiger partial charge < -0.3 is 10.1 Å². The van der Waals surface area contributed by atoms with Gasteiger partial charge in [-0.3, -0.25) is 4.79 Å². The Bertz CT molecular complexity index is 625. The van der Waals surface area contributed by atoms with E-state index in [2.05, 4.69) is 5.32 Å². The molecule has 1 amide bonds. The zero-order valence-electron chi connectivity index (χ0n) is 12.3. The van der Waals surface area contributed by atoms with E-state index in [0.29, 0.717) is 24.5 Å². The van der Waals surface area contributed by atoms with Crippen LogP contribution in [-0.2, 0) is 17.4 Å². The van der Waals surface area contributed by atoms with Gasteiger partial charge in [0.15, 0.2) is 0 Å². The molecule has 0 fully saturated rings. The van der Waals surface area contributed by atoms with Crippen LogP contribution < -0.4 is 10.1 Å². The Morgan fingerprint density at radius 2 is 1.65 bits per heavy atom. The van der Waals surface area contributed by atoms with E-state index in [-0.39, 0.29) is 12.3 Å². The fraction of sp³-hybridized carbons (Fsp3) is 0.235. The highest BCUT2D eigenvalue weighted by molar-refractivity contribution is 5.78. The van der Waals surface area contributed by atoms with Crippen LogP contribution in [0.4, 0.5) is 13.2 Å². The van der Waals surface area contributed by atoms with E-state index >= 15 is 0 Å². The molecule has 0 radical (unpaired) electrons. The molecule has 122 valence electrons. The number of rotatable bonds is 6. The number of hydrogen-bond donors (Lipinski definition) is 1. The molecule has 0 saturated carbocycles. The van der Waals surface area contributed by atoms with Crippen LogP contribution in [0.25, 0.3) is 0 Å². The van der Waals surface area contributed by atoms with Gasteiger partial charge in [-0.15, -0.1) is 0 Å². The summed E-state index contributed by atoms with van der Waals surface area (Å²) in [4.78, 5) is 11.7. The van der Waals surface area contributed by atoms with Crippen molar-refractivity contribution in [2.45, 2.75) is 12.6 Å². The predicted octanol–water partition coefficient (Wildman–Crippen LogP) is 3.44. The summed E-state index contributed by atoms with van der Waals surface area (Å²) in [5.41, 5.74) is -0.197. The lowest BCUT2D eigenvalue weighted by Gasteiger charge is -2.09. The van der Waals surface area contributed by atoms with Crippen LogP contribution in [0.2, 0.25) is 0 Å². The molecule has 0 saturated heterocycles. The summed E-state index contributed by atoms with van der Waals surface area (Å²) in [6, 6.07) is 13.7. The van der Waals surface area contributed by atoms with E-state index < -0.39 is 11.7 Å². The van der Waals surface area contributed by atoms with Gasteiger partial charge in [0.2, 0.25) is 5.91 Å². The first kappa shape index (κ1) is 16.9. The molecule has 0 bridgehead atoms. The summed E-state index contributed by atoms with van der Waals surface area (Å²) in [5.74, 6) is 0.450. The molecule has 2 aromatic rings. The van der Waals surface area contributed by atoms with Gasteiger partial charge in [0.25, 0.3) is 0 Å². The third-order valence-electron chi connectivity index (χ3n) is 3.08. The summed E-state index contributed by atoms with van der Waals surface area (Å²) < 4.78 is 42.7.